The largest absolute Gasteiger partial charge is 0.496 e. The van der Waals surface area contributed by atoms with Gasteiger partial charge in [0.05, 0.1) is 22.6 Å². The van der Waals surface area contributed by atoms with Gasteiger partial charge in [0.1, 0.15) is 11.5 Å². The van der Waals surface area contributed by atoms with Crippen LogP contribution in [0.25, 0.3) is 0 Å². The van der Waals surface area contributed by atoms with Crippen LogP contribution in [0, 0.1) is 27.7 Å². The van der Waals surface area contributed by atoms with Crippen LogP contribution in [0.15, 0.2) is 24.3 Å². The van der Waals surface area contributed by atoms with Crippen LogP contribution in [0.5, 0.6) is 11.5 Å². The maximum atomic E-state index is 5.44. The Bertz CT molecular complexity index is 565. The molecule has 0 aliphatic heterocycles. The topological polar surface area (TPSA) is 18.5 Å². The van der Waals surface area contributed by atoms with Crippen LogP contribution >= 0.6 is 8.58 Å². The summed E-state index contributed by atoms with van der Waals surface area (Å²) < 4.78 is 10.9. The molecule has 0 spiro atoms. The van der Waals surface area contributed by atoms with Crippen molar-refractivity contribution in [2.24, 2.45) is 0 Å². The first-order valence-corrected chi connectivity index (χ1v) is 8.03. The van der Waals surface area contributed by atoms with Crippen molar-refractivity contribution < 1.29 is 9.47 Å². The van der Waals surface area contributed by atoms with Crippen LogP contribution in [-0.4, -0.2) is 22.6 Å². The number of methoxy groups -OCH3 is 2. The maximum absolute atomic E-state index is 5.44. The highest BCUT2D eigenvalue weighted by atomic mass is 31.1. The van der Waals surface area contributed by atoms with Gasteiger partial charge < -0.3 is 9.47 Å². The summed E-state index contributed by atoms with van der Waals surface area (Å²) in [5.74, 6) is 1.98. The van der Waals surface area contributed by atoms with E-state index in [2.05, 4.69) is 52.0 Å². The van der Waals surface area contributed by atoms with E-state index in [9.17, 15) is 0 Å². The van der Waals surface area contributed by atoms with Gasteiger partial charge in [0.25, 0.3) is 0 Å². The van der Waals surface area contributed by atoms with Crippen molar-refractivity contribution in [3.8, 4) is 11.5 Å². The fraction of sp³-hybridized carbons (Fsp3) is 0.333. The molecule has 2 nitrogen and oxygen atoms in total. The SMILES string of the molecule is B.COc1c(C)cc(Pc2cc(C)c(OC)c(C)c2)cc1C. The monoisotopic (exact) mass is 316 g/mol. The van der Waals surface area contributed by atoms with Gasteiger partial charge >= 0.3 is 0 Å². The number of hydrogen-bond donors (Lipinski definition) is 0. The first-order chi connectivity index (χ1) is 9.96. The first kappa shape index (κ1) is 18.6. The lowest BCUT2D eigenvalue weighted by molar-refractivity contribution is 0.408. The lowest BCUT2D eigenvalue weighted by Gasteiger charge is -2.14. The number of ether oxygens (including phenoxy) is 2. The highest BCUT2D eigenvalue weighted by molar-refractivity contribution is 7.55. The molecule has 0 aromatic heterocycles. The van der Waals surface area contributed by atoms with Gasteiger partial charge in [-0.3, -0.25) is 0 Å². The van der Waals surface area contributed by atoms with Crippen LogP contribution in [0.4, 0.5) is 0 Å². The maximum Gasteiger partial charge on any atom is 0.124 e. The number of hydrogen-bond acceptors (Lipinski definition) is 2. The van der Waals surface area contributed by atoms with Crippen LogP contribution < -0.4 is 20.1 Å². The van der Waals surface area contributed by atoms with Crippen molar-refractivity contribution in [2.75, 3.05) is 14.2 Å². The van der Waals surface area contributed by atoms with E-state index in [1.807, 2.05) is 0 Å². The standard InChI is InChI=1S/C18H23O2P.BH3/c1-11-7-15(8-12(2)17(11)19-5)21-16-9-13(3)18(20-6)14(4)10-16;/h7-10,21H,1-6H3;1H3. The van der Waals surface area contributed by atoms with E-state index in [0.29, 0.717) is 8.58 Å². The van der Waals surface area contributed by atoms with E-state index in [-0.39, 0.29) is 8.41 Å². The highest BCUT2D eigenvalue weighted by Gasteiger charge is 2.09. The second-order valence-electron chi connectivity index (χ2n) is 5.41. The number of aryl methyl sites for hydroxylation is 4. The highest BCUT2D eigenvalue weighted by Crippen LogP contribution is 2.27. The minimum absolute atomic E-state index is 0. The van der Waals surface area contributed by atoms with Crippen molar-refractivity contribution in [1.82, 2.24) is 0 Å². The van der Waals surface area contributed by atoms with Crippen molar-refractivity contribution in [1.29, 1.82) is 0 Å². The van der Waals surface area contributed by atoms with Gasteiger partial charge in [-0.25, -0.2) is 0 Å². The average Bonchev–Trinajstić information content (AvgIpc) is 2.38. The number of benzene rings is 2. The summed E-state index contributed by atoms with van der Waals surface area (Å²) in [5, 5.41) is 2.68. The zero-order valence-electron chi connectivity index (χ0n) is 13.6. The van der Waals surface area contributed by atoms with Gasteiger partial charge in [-0.15, -0.1) is 0 Å². The fourth-order valence-corrected chi connectivity index (χ4v) is 4.34. The molecule has 4 heteroatoms. The van der Waals surface area contributed by atoms with E-state index in [4.69, 9.17) is 9.47 Å². The second-order valence-corrected chi connectivity index (χ2v) is 6.82. The Morgan fingerprint density at radius 2 is 0.909 bits per heavy atom. The van der Waals surface area contributed by atoms with Crippen LogP contribution in [0.3, 0.4) is 0 Å². The van der Waals surface area contributed by atoms with Crippen molar-refractivity contribution in [3.05, 3.63) is 46.5 Å². The summed E-state index contributed by atoms with van der Waals surface area (Å²) in [6, 6.07) is 8.89. The third kappa shape index (κ3) is 3.84. The summed E-state index contributed by atoms with van der Waals surface area (Å²) in [7, 11) is 4.11. The molecular formula is C18H26BO2P. The van der Waals surface area contributed by atoms with Crippen molar-refractivity contribution in [3.63, 3.8) is 0 Å². The third-order valence-corrected chi connectivity index (χ3v) is 4.77. The molecule has 0 aliphatic rings. The van der Waals surface area contributed by atoms with Crippen molar-refractivity contribution >= 4 is 27.6 Å². The Morgan fingerprint density at radius 1 is 0.636 bits per heavy atom. The molecule has 2 aromatic carbocycles. The first-order valence-electron chi connectivity index (χ1n) is 7.03. The minimum atomic E-state index is 0. The summed E-state index contributed by atoms with van der Waals surface area (Å²) in [4.78, 5) is 0. The minimum Gasteiger partial charge on any atom is -0.496 e. The predicted molar refractivity (Wildman–Crippen MR) is 102 cm³/mol. The van der Waals surface area contributed by atoms with Gasteiger partial charge in [-0.05, 0) is 84.8 Å². The lowest BCUT2D eigenvalue weighted by atomic mass is 10.1. The van der Waals surface area contributed by atoms with E-state index in [0.717, 1.165) is 11.5 Å². The molecule has 2 aromatic rings. The van der Waals surface area contributed by atoms with Crippen LogP contribution in [0.1, 0.15) is 22.3 Å². The number of rotatable bonds is 4. The zero-order chi connectivity index (χ0) is 15.6. The molecule has 0 fully saturated rings. The molecule has 0 amide bonds. The Balaban J connectivity index is 0.00000242. The molecule has 0 radical (unpaired) electrons. The van der Waals surface area contributed by atoms with E-state index < -0.39 is 0 Å². The molecule has 0 heterocycles. The Labute approximate surface area is 137 Å². The molecule has 2 rings (SSSR count). The molecule has 0 N–H and O–H groups in total. The molecule has 0 unspecified atom stereocenters. The second kappa shape index (κ2) is 7.69. The molecule has 0 bridgehead atoms. The quantitative estimate of drug-likeness (QED) is 0.637. The van der Waals surface area contributed by atoms with Gasteiger partial charge in [0.2, 0.25) is 0 Å². The van der Waals surface area contributed by atoms with Gasteiger partial charge in [0.15, 0.2) is 0 Å². The molecule has 22 heavy (non-hydrogen) atoms. The molecular weight excluding hydrogens is 290 g/mol. The van der Waals surface area contributed by atoms with E-state index >= 15 is 0 Å². The van der Waals surface area contributed by atoms with E-state index in [1.54, 1.807) is 14.2 Å². The smallest absolute Gasteiger partial charge is 0.124 e. The van der Waals surface area contributed by atoms with Gasteiger partial charge in [-0.2, -0.15) is 0 Å². The summed E-state index contributed by atoms with van der Waals surface area (Å²) in [5.41, 5.74) is 4.79. The molecule has 0 atom stereocenters. The van der Waals surface area contributed by atoms with Crippen LogP contribution in [0.2, 0.25) is 0 Å². The van der Waals surface area contributed by atoms with Gasteiger partial charge in [-0.1, -0.05) is 8.58 Å². The molecule has 0 aliphatic carbocycles. The fourth-order valence-electron chi connectivity index (χ4n) is 2.86. The van der Waals surface area contributed by atoms with Crippen LogP contribution in [-0.2, 0) is 0 Å². The lowest BCUT2D eigenvalue weighted by Crippen LogP contribution is -2.08. The molecule has 118 valence electrons. The van der Waals surface area contributed by atoms with Crippen molar-refractivity contribution in [2.45, 2.75) is 27.7 Å². The molecule has 0 saturated heterocycles. The Morgan fingerprint density at radius 3 is 1.14 bits per heavy atom. The predicted octanol–water partition coefficient (Wildman–Crippen LogP) is 2.38. The average molecular weight is 316 g/mol. The zero-order valence-corrected chi connectivity index (χ0v) is 14.6. The molecule has 0 saturated carbocycles. The summed E-state index contributed by atoms with van der Waals surface area (Å²) >= 11 is 0. The Kier molecular flexibility index (Phi) is 6.50. The van der Waals surface area contributed by atoms with Gasteiger partial charge in [0, 0.05) is 0 Å². The third-order valence-electron chi connectivity index (χ3n) is 3.62. The summed E-state index contributed by atoms with van der Waals surface area (Å²) in [6.45, 7) is 8.41. The summed E-state index contributed by atoms with van der Waals surface area (Å²) in [6.07, 6.45) is 0. The normalized spacial score (nSPS) is 10.1. The Hall–Kier alpha value is -1.47. The van der Waals surface area contributed by atoms with E-state index in [1.165, 1.54) is 32.9 Å².